The molecule has 0 atom stereocenters. The predicted octanol–water partition coefficient (Wildman–Crippen LogP) is 2.64. The highest BCUT2D eigenvalue weighted by Gasteiger charge is 2.47. The van der Waals surface area contributed by atoms with Crippen molar-refractivity contribution in [3.05, 3.63) is 71.4 Å². The third-order valence-electron chi connectivity index (χ3n) is 5.74. The van der Waals surface area contributed by atoms with Gasteiger partial charge in [0.2, 0.25) is 0 Å². The molecule has 3 heterocycles. The van der Waals surface area contributed by atoms with Gasteiger partial charge in [-0.1, -0.05) is 13.8 Å². The number of aromatic nitrogens is 3. The van der Waals surface area contributed by atoms with Crippen LogP contribution in [0.4, 0.5) is 4.39 Å². The summed E-state index contributed by atoms with van der Waals surface area (Å²) < 4.78 is 16.1. The van der Waals surface area contributed by atoms with Crippen LogP contribution in [0.25, 0.3) is 17.0 Å². The SMILES string of the molecule is CCc1cc[n+](C2=C(c3c(CC)nn(-c4ccc(F)cc4)c3[O-])C(=O)N(C(C)C)C2=O)cc1. The van der Waals surface area contributed by atoms with Gasteiger partial charge >= 0.3 is 5.91 Å². The minimum absolute atomic E-state index is 0.0400. The zero-order valence-electron chi connectivity index (χ0n) is 19.0. The van der Waals surface area contributed by atoms with Crippen molar-refractivity contribution in [2.24, 2.45) is 0 Å². The molecule has 0 N–H and O–H groups in total. The summed E-state index contributed by atoms with van der Waals surface area (Å²) in [4.78, 5) is 28.0. The second-order valence-electron chi connectivity index (χ2n) is 8.13. The maximum absolute atomic E-state index is 13.5. The van der Waals surface area contributed by atoms with Gasteiger partial charge in [-0.3, -0.25) is 14.5 Å². The van der Waals surface area contributed by atoms with Gasteiger partial charge in [0.25, 0.3) is 11.6 Å². The quantitative estimate of drug-likeness (QED) is 0.429. The molecular formula is C25H25FN4O3. The first kappa shape index (κ1) is 22.4. The summed E-state index contributed by atoms with van der Waals surface area (Å²) in [5.41, 5.74) is 2.12. The fourth-order valence-corrected chi connectivity index (χ4v) is 4.01. The van der Waals surface area contributed by atoms with Crippen LogP contribution in [-0.4, -0.2) is 32.5 Å². The number of aryl methyl sites for hydroxylation is 2. The average Bonchev–Trinajstić information content (AvgIpc) is 3.26. The van der Waals surface area contributed by atoms with Crippen molar-refractivity contribution < 1.29 is 23.7 Å². The summed E-state index contributed by atoms with van der Waals surface area (Å²) in [6.45, 7) is 7.35. The summed E-state index contributed by atoms with van der Waals surface area (Å²) >= 11 is 0. The summed E-state index contributed by atoms with van der Waals surface area (Å²) in [6, 6.07) is 8.73. The van der Waals surface area contributed by atoms with Gasteiger partial charge in [-0.25, -0.2) is 9.07 Å². The number of pyridine rings is 1. The Morgan fingerprint density at radius 3 is 2.18 bits per heavy atom. The zero-order valence-corrected chi connectivity index (χ0v) is 19.0. The van der Waals surface area contributed by atoms with Crippen LogP contribution >= 0.6 is 0 Å². The molecule has 1 aromatic carbocycles. The number of imide groups is 1. The van der Waals surface area contributed by atoms with Gasteiger partial charge in [0, 0.05) is 23.7 Å². The highest BCUT2D eigenvalue weighted by molar-refractivity contribution is 6.45. The second kappa shape index (κ2) is 8.61. The molecule has 1 aliphatic heterocycles. The molecule has 33 heavy (non-hydrogen) atoms. The van der Waals surface area contributed by atoms with Gasteiger partial charge in [-0.15, -0.1) is 0 Å². The number of carbonyl (C=O) groups excluding carboxylic acids is 2. The molecule has 0 radical (unpaired) electrons. The van der Waals surface area contributed by atoms with E-state index >= 15 is 0 Å². The number of halogens is 1. The average molecular weight is 448 g/mol. The Morgan fingerprint density at radius 2 is 1.64 bits per heavy atom. The fourth-order valence-electron chi connectivity index (χ4n) is 4.01. The molecule has 0 saturated carbocycles. The van der Waals surface area contributed by atoms with Crippen LogP contribution in [0.15, 0.2) is 48.8 Å². The summed E-state index contributed by atoms with van der Waals surface area (Å²) in [7, 11) is 0. The molecule has 3 aromatic rings. The Balaban J connectivity index is 1.98. The van der Waals surface area contributed by atoms with Gasteiger partial charge < -0.3 is 5.11 Å². The lowest BCUT2D eigenvalue weighted by Crippen LogP contribution is -2.42. The highest BCUT2D eigenvalue weighted by Crippen LogP contribution is 2.37. The molecule has 2 aromatic heterocycles. The molecule has 0 spiro atoms. The number of carbonyl (C=O) groups is 2. The fraction of sp³-hybridized carbons (Fsp3) is 0.280. The van der Waals surface area contributed by atoms with Gasteiger partial charge in [-0.2, -0.15) is 9.67 Å². The summed E-state index contributed by atoms with van der Waals surface area (Å²) in [5.74, 6) is -1.95. The Kier molecular flexibility index (Phi) is 5.84. The minimum atomic E-state index is -0.525. The number of benzene rings is 1. The third-order valence-corrected chi connectivity index (χ3v) is 5.74. The minimum Gasteiger partial charge on any atom is -0.858 e. The van der Waals surface area contributed by atoms with Crippen LogP contribution in [0, 0.1) is 5.82 Å². The molecule has 0 aliphatic carbocycles. The standard InChI is InChI=1S/C25H25FN4O3/c1-5-16-11-13-28(14-12-16)22-21(23(31)29(15(3)4)25(22)33)20-19(6-2)27-30(24(20)32)18-9-7-17(26)8-10-18/h7-15H,5-6H2,1-4H3. The van der Waals surface area contributed by atoms with Crippen molar-refractivity contribution in [2.45, 2.75) is 46.6 Å². The predicted molar refractivity (Wildman–Crippen MR) is 118 cm³/mol. The number of nitrogens with zero attached hydrogens (tertiary/aromatic N) is 4. The molecule has 170 valence electrons. The summed E-state index contributed by atoms with van der Waals surface area (Å²) in [5, 5.41) is 17.9. The van der Waals surface area contributed by atoms with Crippen LogP contribution < -0.4 is 9.67 Å². The molecular weight excluding hydrogens is 423 g/mol. The lowest BCUT2D eigenvalue weighted by molar-refractivity contribution is -0.577. The Hall–Kier alpha value is -3.81. The number of amides is 2. The van der Waals surface area contributed by atoms with E-state index in [0.29, 0.717) is 17.8 Å². The van der Waals surface area contributed by atoms with Crippen molar-refractivity contribution in [3.8, 4) is 11.6 Å². The lowest BCUT2D eigenvalue weighted by Gasteiger charge is -2.18. The molecule has 8 heteroatoms. The molecule has 0 saturated heterocycles. The molecule has 4 rings (SSSR count). The van der Waals surface area contributed by atoms with E-state index in [-0.39, 0.29) is 22.9 Å². The number of rotatable bonds is 6. The largest absolute Gasteiger partial charge is 0.858 e. The molecule has 7 nitrogen and oxygen atoms in total. The number of hydrogen-bond donors (Lipinski definition) is 0. The van der Waals surface area contributed by atoms with E-state index in [0.717, 1.165) is 16.7 Å². The van der Waals surface area contributed by atoms with Crippen LogP contribution in [0.5, 0.6) is 5.88 Å². The lowest BCUT2D eigenvalue weighted by atomic mass is 10.0. The van der Waals surface area contributed by atoms with E-state index in [1.54, 1.807) is 30.8 Å². The van der Waals surface area contributed by atoms with Gasteiger partial charge in [0.05, 0.1) is 11.4 Å². The van der Waals surface area contributed by atoms with Gasteiger partial charge in [0.15, 0.2) is 12.4 Å². The van der Waals surface area contributed by atoms with Crippen molar-refractivity contribution >= 4 is 23.1 Å². The Labute approximate surface area is 191 Å². The second-order valence-corrected chi connectivity index (χ2v) is 8.13. The Morgan fingerprint density at radius 1 is 1.00 bits per heavy atom. The van der Waals surface area contributed by atoms with Crippen LogP contribution in [-0.2, 0) is 22.4 Å². The first-order valence-corrected chi connectivity index (χ1v) is 11.0. The number of hydrogen-bond acceptors (Lipinski definition) is 4. The monoisotopic (exact) mass is 448 g/mol. The molecule has 2 amide bonds. The first-order chi connectivity index (χ1) is 15.8. The first-order valence-electron chi connectivity index (χ1n) is 11.0. The summed E-state index contributed by atoms with van der Waals surface area (Å²) in [6.07, 6.45) is 4.65. The van der Waals surface area contributed by atoms with E-state index in [9.17, 15) is 19.1 Å². The highest BCUT2D eigenvalue weighted by atomic mass is 19.1. The smallest absolute Gasteiger partial charge is 0.327 e. The molecule has 0 unspecified atom stereocenters. The zero-order chi connectivity index (χ0) is 23.9. The van der Waals surface area contributed by atoms with Crippen molar-refractivity contribution in [1.29, 1.82) is 0 Å². The van der Waals surface area contributed by atoms with E-state index in [1.165, 1.54) is 29.2 Å². The van der Waals surface area contributed by atoms with Crippen LogP contribution in [0.2, 0.25) is 0 Å². The van der Waals surface area contributed by atoms with Crippen molar-refractivity contribution in [2.75, 3.05) is 0 Å². The van der Waals surface area contributed by atoms with E-state index in [2.05, 4.69) is 5.10 Å². The maximum Gasteiger partial charge on any atom is 0.327 e. The van der Waals surface area contributed by atoms with Crippen LogP contribution in [0.3, 0.4) is 0 Å². The van der Waals surface area contributed by atoms with Gasteiger partial charge in [0.1, 0.15) is 11.4 Å². The molecule has 0 bridgehead atoms. The van der Waals surface area contributed by atoms with Gasteiger partial charge in [-0.05, 0) is 62.4 Å². The van der Waals surface area contributed by atoms with E-state index < -0.39 is 23.5 Å². The van der Waals surface area contributed by atoms with Crippen LogP contribution in [0.1, 0.15) is 44.5 Å². The normalized spacial score (nSPS) is 14.2. The van der Waals surface area contributed by atoms with Crippen molar-refractivity contribution in [3.63, 3.8) is 0 Å². The topological polar surface area (TPSA) is 82.1 Å². The maximum atomic E-state index is 13.5. The third kappa shape index (κ3) is 3.71. The van der Waals surface area contributed by atoms with Crippen molar-refractivity contribution in [1.82, 2.24) is 14.7 Å². The Bertz CT molecular complexity index is 1260. The molecule has 0 fully saturated rings. The molecule has 1 aliphatic rings. The van der Waals surface area contributed by atoms with E-state index in [4.69, 9.17) is 0 Å². The van der Waals surface area contributed by atoms with E-state index in [1.807, 2.05) is 26.0 Å².